The van der Waals surface area contributed by atoms with E-state index in [1.165, 1.54) is 38.6 Å². The third-order valence-corrected chi connectivity index (χ3v) is 2.99. The Morgan fingerprint density at radius 2 is 1.57 bits per heavy atom. The Kier molecular flexibility index (Phi) is 3.58. The first-order valence-corrected chi connectivity index (χ1v) is 5.74. The molecule has 1 aromatic carbocycles. The second-order valence-corrected chi connectivity index (χ2v) is 4.08. The van der Waals surface area contributed by atoms with Crippen molar-refractivity contribution in [3.05, 3.63) is 35.4 Å². The molecule has 0 fully saturated rings. The number of hydrogen-bond acceptors (Lipinski definition) is 1. The van der Waals surface area contributed by atoms with E-state index in [0.29, 0.717) is 0 Å². The zero-order valence-corrected chi connectivity index (χ0v) is 8.76. The highest BCUT2D eigenvalue weighted by Crippen LogP contribution is 2.14. The van der Waals surface area contributed by atoms with Gasteiger partial charge < -0.3 is 5.32 Å². The second-order valence-electron chi connectivity index (χ2n) is 4.08. The molecular weight excluding hydrogens is 170 g/mol. The average molecular weight is 189 g/mol. The van der Waals surface area contributed by atoms with Crippen molar-refractivity contribution in [1.82, 2.24) is 5.32 Å². The fourth-order valence-corrected chi connectivity index (χ4v) is 2.14. The fraction of sp³-hybridized carbons (Fsp3) is 0.538. The Morgan fingerprint density at radius 3 is 2.43 bits per heavy atom. The molecule has 0 unspecified atom stereocenters. The lowest BCUT2D eigenvalue weighted by Crippen LogP contribution is -2.19. The van der Waals surface area contributed by atoms with E-state index >= 15 is 0 Å². The monoisotopic (exact) mass is 189 g/mol. The Bertz CT molecular complexity index is 251. The SMILES string of the molecule is c1ccc2c(c1)CCCCCNCC2. The number of rotatable bonds is 0. The molecule has 0 atom stereocenters. The molecule has 2 rings (SSSR count). The van der Waals surface area contributed by atoms with Gasteiger partial charge >= 0.3 is 0 Å². The van der Waals surface area contributed by atoms with Gasteiger partial charge in [0, 0.05) is 0 Å². The highest BCUT2D eigenvalue weighted by molar-refractivity contribution is 5.27. The highest BCUT2D eigenvalue weighted by atomic mass is 14.8. The molecule has 1 aromatic rings. The van der Waals surface area contributed by atoms with Gasteiger partial charge in [-0.25, -0.2) is 0 Å². The van der Waals surface area contributed by atoms with Gasteiger partial charge in [-0.2, -0.15) is 0 Å². The van der Waals surface area contributed by atoms with E-state index in [4.69, 9.17) is 0 Å². The predicted octanol–water partition coefficient (Wildman–Crippen LogP) is 2.55. The van der Waals surface area contributed by atoms with E-state index in [2.05, 4.69) is 29.6 Å². The molecule has 0 radical (unpaired) electrons. The molecule has 1 aliphatic heterocycles. The second kappa shape index (κ2) is 5.16. The van der Waals surface area contributed by atoms with E-state index in [1.807, 2.05) is 0 Å². The van der Waals surface area contributed by atoms with Crippen molar-refractivity contribution < 1.29 is 0 Å². The molecule has 76 valence electrons. The lowest BCUT2D eigenvalue weighted by Gasteiger charge is -2.12. The maximum Gasteiger partial charge on any atom is -0.000825 e. The van der Waals surface area contributed by atoms with Crippen LogP contribution in [0.3, 0.4) is 0 Å². The normalized spacial score (nSPS) is 18.6. The molecule has 1 nitrogen and oxygen atoms in total. The van der Waals surface area contributed by atoms with Crippen molar-refractivity contribution in [2.75, 3.05) is 13.1 Å². The van der Waals surface area contributed by atoms with Crippen LogP contribution in [0.4, 0.5) is 0 Å². The molecular formula is C13H19N. The van der Waals surface area contributed by atoms with Crippen LogP contribution < -0.4 is 5.32 Å². The summed E-state index contributed by atoms with van der Waals surface area (Å²) in [4.78, 5) is 0. The van der Waals surface area contributed by atoms with Crippen molar-refractivity contribution in [2.24, 2.45) is 0 Å². The first kappa shape index (κ1) is 9.72. The Balaban J connectivity index is 2.10. The van der Waals surface area contributed by atoms with E-state index in [1.54, 1.807) is 11.1 Å². The number of aryl methyl sites for hydroxylation is 1. The minimum absolute atomic E-state index is 1.14. The largest absolute Gasteiger partial charge is 0.316 e. The smallest absolute Gasteiger partial charge is 0.000825 e. The summed E-state index contributed by atoms with van der Waals surface area (Å²) in [5.74, 6) is 0. The van der Waals surface area contributed by atoms with Gasteiger partial charge in [0.1, 0.15) is 0 Å². The molecule has 14 heavy (non-hydrogen) atoms. The molecule has 0 aliphatic carbocycles. The predicted molar refractivity (Wildman–Crippen MR) is 60.6 cm³/mol. The van der Waals surface area contributed by atoms with Gasteiger partial charge in [0.15, 0.2) is 0 Å². The van der Waals surface area contributed by atoms with Crippen molar-refractivity contribution in [1.29, 1.82) is 0 Å². The number of benzene rings is 1. The average Bonchev–Trinajstić information content (AvgIpc) is 2.25. The van der Waals surface area contributed by atoms with E-state index in [-0.39, 0.29) is 0 Å². The molecule has 1 heteroatoms. The van der Waals surface area contributed by atoms with Crippen molar-refractivity contribution >= 4 is 0 Å². The molecule has 1 N–H and O–H groups in total. The third-order valence-electron chi connectivity index (χ3n) is 2.99. The van der Waals surface area contributed by atoms with Crippen molar-refractivity contribution in [3.8, 4) is 0 Å². The highest BCUT2D eigenvalue weighted by Gasteiger charge is 2.03. The van der Waals surface area contributed by atoms with Crippen LogP contribution in [0.5, 0.6) is 0 Å². The molecule has 0 spiro atoms. The zero-order chi connectivity index (χ0) is 9.64. The summed E-state index contributed by atoms with van der Waals surface area (Å²) in [5.41, 5.74) is 3.11. The van der Waals surface area contributed by atoms with Crippen LogP contribution in [0.2, 0.25) is 0 Å². The maximum atomic E-state index is 3.50. The Labute approximate surface area is 86.5 Å². The standard InChI is InChI=1S/C13H19N/c1-2-6-12-7-3-4-8-13(12)9-11-14-10-5-1/h3-4,7-8,14H,1-2,5-6,9-11H2. The van der Waals surface area contributed by atoms with Gasteiger partial charge in [0.05, 0.1) is 0 Å². The summed E-state index contributed by atoms with van der Waals surface area (Å²) >= 11 is 0. The van der Waals surface area contributed by atoms with Gasteiger partial charge in [-0.15, -0.1) is 0 Å². The Morgan fingerprint density at radius 1 is 0.786 bits per heavy atom. The summed E-state index contributed by atoms with van der Waals surface area (Å²) < 4.78 is 0. The van der Waals surface area contributed by atoms with Crippen LogP contribution in [0, 0.1) is 0 Å². The van der Waals surface area contributed by atoms with Crippen LogP contribution >= 0.6 is 0 Å². The van der Waals surface area contributed by atoms with Crippen LogP contribution in [0.25, 0.3) is 0 Å². The molecule has 0 saturated carbocycles. The van der Waals surface area contributed by atoms with E-state index in [9.17, 15) is 0 Å². The first-order valence-electron chi connectivity index (χ1n) is 5.74. The summed E-state index contributed by atoms with van der Waals surface area (Å²) in [6.07, 6.45) is 6.51. The molecule has 1 heterocycles. The van der Waals surface area contributed by atoms with Crippen molar-refractivity contribution in [3.63, 3.8) is 0 Å². The van der Waals surface area contributed by atoms with Crippen LogP contribution in [-0.4, -0.2) is 13.1 Å². The van der Waals surface area contributed by atoms with Gasteiger partial charge in [0.2, 0.25) is 0 Å². The first-order chi connectivity index (χ1) is 6.97. The minimum atomic E-state index is 1.14. The van der Waals surface area contributed by atoms with E-state index < -0.39 is 0 Å². The van der Waals surface area contributed by atoms with Crippen molar-refractivity contribution in [2.45, 2.75) is 32.1 Å². The molecule has 1 aliphatic rings. The quantitative estimate of drug-likeness (QED) is 0.661. The lowest BCUT2D eigenvalue weighted by atomic mass is 9.98. The third kappa shape index (κ3) is 2.58. The lowest BCUT2D eigenvalue weighted by molar-refractivity contribution is 0.590. The van der Waals surface area contributed by atoms with Gasteiger partial charge in [-0.3, -0.25) is 0 Å². The summed E-state index contributed by atoms with van der Waals surface area (Å²) in [7, 11) is 0. The molecule has 0 aromatic heterocycles. The molecule has 0 saturated heterocycles. The van der Waals surface area contributed by atoms with Gasteiger partial charge in [-0.1, -0.05) is 30.7 Å². The van der Waals surface area contributed by atoms with Crippen LogP contribution in [0.1, 0.15) is 30.4 Å². The number of nitrogens with one attached hydrogen (secondary N) is 1. The van der Waals surface area contributed by atoms with Gasteiger partial charge in [0.25, 0.3) is 0 Å². The molecule has 0 amide bonds. The van der Waals surface area contributed by atoms with Crippen LogP contribution in [0.15, 0.2) is 24.3 Å². The van der Waals surface area contributed by atoms with Gasteiger partial charge in [-0.05, 0) is 49.9 Å². The van der Waals surface area contributed by atoms with Crippen LogP contribution in [-0.2, 0) is 12.8 Å². The summed E-state index contributed by atoms with van der Waals surface area (Å²) in [5, 5.41) is 3.50. The number of hydrogen-bond donors (Lipinski definition) is 1. The summed E-state index contributed by atoms with van der Waals surface area (Å²) in [6.45, 7) is 2.33. The summed E-state index contributed by atoms with van der Waals surface area (Å²) in [6, 6.07) is 8.89. The Hall–Kier alpha value is -0.820. The minimum Gasteiger partial charge on any atom is -0.316 e. The topological polar surface area (TPSA) is 12.0 Å². The maximum absolute atomic E-state index is 3.50. The molecule has 0 bridgehead atoms. The van der Waals surface area contributed by atoms with E-state index in [0.717, 1.165) is 6.54 Å². The zero-order valence-electron chi connectivity index (χ0n) is 8.76. The fourth-order valence-electron chi connectivity index (χ4n) is 2.14. The number of fused-ring (bicyclic) bond motifs is 1.